The minimum atomic E-state index is -0.380. The summed E-state index contributed by atoms with van der Waals surface area (Å²) in [6.45, 7) is 7.03. The third-order valence-corrected chi connectivity index (χ3v) is 7.99. The molecule has 4 rings (SSSR count). The summed E-state index contributed by atoms with van der Waals surface area (Å²) < 4.78 is 5.64. The van der Waals surface area contributed by atoms with Crippen molar-refractivity contribution in [2.75, 3.05) is 51.7 Å². The molecule has 4 nitrogen and oxygen atoms in total. The molecule has 0 aromatic heterocycles. The Balaban J connectivity index is 1.38. The van der Waals surface area contributed by atoms with Gasteiger partial charge in [-0.2, -0.15) is 0 Å². The Morgan fingerprint density at radius 1 is 0.931 bits per heavy atom. The van der Waals surface area contributed by atoms with Crippen molar-refractivity contribution in [2.45, 2.75) is 61.7 Å². The zero-order chi connectivity index (χ0) is 19.9. The number of carbonyl (C=O) groups is 1. The van der Waals surface area contributed by atoms with Crippen molar-refractivity contribution in [2.24, 2.45) is 0 Å². The van der Waals surface area contributed by atoms with Gasteiger partial charge in [0.2, 0.25) is 5.91 Å². The third kappa shape index (κ3) is 5.18. The predicted octanol–water partition coefficient (Wildman–Crippen LogP) is 4.33. The summed E-state index contributed by atoms with van der Waals surface area (Å²) in [4.78, 5) is 19.6. The average Bonchev–Trinajstić information content (AvgIpc) is 3.31. The molecule has 0 radical (unpaired) electrons. The van der Waals surface area contributed by atoms with E-state index in [0.29, 0.717) is 19.1 Å². The van der Waals surface area contributed by atoms with Crippen molar-refractivity contribution in [3.05, 3.63) is 29.8 Å². The van der Waals surface area contributed by atoms with E-state index < -0.39 is 0 Å². The second-order valence-corrected chi connectivity index (χ2v) is 9.99. The lowest BCUT2D eigenvalue weighted by Crippen LogP contribution is -2.51. The summed E-state index contributed by atoms with van der Waals surface area (Å²) in [5.41, 5.74) is 0.812. The van der Waals surface area contributed by atoms with E-state index in [-0.39, 0.29) is 5.41 Å². The highest BCUT2D eigenvalue weighted by atomic mass is 32.2. The standard InChI is InChI=1S/C24H36N2O2S/c27-23(26-16-2-1-3-17-26)24(11-18-28-19-12-24)21-7-9-22(10-8-21)29-20-6-15-25-13-4-5-14-25/h7-10H,1-6,11-20H2. The maximum Gasteiger partial charge on any atom is 0.233 e. The fourth-order valence-electron chi connectivity index (χ4n) is 5.10. The van der Waals surface area contributed by atoms with Crippen LogP contribution in [-0.2, 0) is 14.9 Å². The van der Waals surface area contributed by atoms with Gasteiger partial charge in [0, 0.05) is 31.2 Å². The number of ether oxygens (including phenoxy) is 1. The van der Waals surface area contributed by atoms with Crippen molar-refractivity contribution in [3.63, 3.8) is 0 Å². The highest BCUT2D eigenvalue weighted by molar-refractivity contribution is 7.99. The van der Waals surface area contributed by atoms with E-state index in [2.05, 4.69) is 34.1 Å². The number of amides is 1. The van der Waals surface area contributed by atoms with Crippen LogP contribution in [0.15, 0.2) is 29.2 Å². The lowest BCUT2D eigenvalue weighted by Gasteiger charge is -2.41. The smallest absolute Gasteiger partial charge is 0.233 e. The molecule has 3 aliphatic rings. The zero-order valence-corrected chi connectivity index (χ0v) is 18.6. The number of carbonyl (C=O) groups excluding carboxylic acids is 1. The summed E-state index contributed by atoms with van der Waals surface area (Å²) >= 11 is 1.95. The molecule has 3 saturated heterocycles. The van der Waals surface area contributed by atoms with Gasteiger partial charge in [-0.1, -0.05) is 12.1 Å². The Morgan fingerprint density at radius 3 is 2.28 bits per heavy atom. The highest BCUT2D eigenvalue weighted by Gasteiger charge is 2.44. The molecule has 0 unspecified atom stereocenters. The van der Waals surface area contributed by atoms with Crippen LogP contribution in [0.1, 0.15) is 56.9 Å². The first-order valence-electron chi connectivity index (χ1n) is 11.6. The fourth-order valence-corrected chi connectivity index (χ4v) is 5.94. The molecule has 3 heterocycles. The van der Waals surface area contributed by atoms with Crippen LogP contribution in [0.5, 0.6) is 0 Å². The van der Waals surface area contributed by atoms with Crippen molar-refractivity contribution < 1.29 is 9.53 Å². The largest absolute Gasteiger partial charge is 0.381 e. The Bertz CT molecular complexity index is 645. The van der Waals surface area contributed by atoms with Gasteiger partial charge >= 0.3 is 0 Å². The molecule has 0 bridgehead atoms. The van der Waals surface area contributed by atoms with Crippen LogP contribution in [0.2, 0.25) is 0 Å². The molecular formula is C24H36N2O2S. The van der Waals surface area contributed by atoms with Gasteiger partial charge in [0.1, 0.15) is 0 Å². The van der Waals surface area contributed by atoms with Crippen molar-refractivity contribution in [1.29, 1.82) is 0 Å². The minimum Gasteiger partial charge on any atom is -0.381 e. The van der Waals surface area contributed by atoms with E-state index in [9.17, 15) is 4.79 Å². The lowest BCUT2D eigenvalue weighted by molar-refractivity contribution is -0.142. The molecule has 3 aliphatic heterocycles. The van der Waals surface area contributed by atoms with Gasteiger partial charge in [-0.25, -0.2) is 0 Å². The van der Waals surface area contributed by atoms with Crippen molar-refractivity contribution in [3.8, 4) is 0 Å². The average molecular weight is 417 g/mol. The van der Waals surface area contributed by atoms with Gasteiger partial charge in [-0.3, -0.25) is 4.79 Å². The summed E-state index contributed by atoms with van der Waals surface area (Å²) in [7, 11) is 0. The summed E-state index contributed by atoms with van der Waals surface area (Å²) in [5.74, 6) is 1.51. The first-order chi connectivity index (χ1) is 14.3. The highest BCUT2D eigenvalue weighted by Crippen LogP contribution is 2.38. The molecule has 1 aromatic rings. The van der Waals surface area contributed by atoms with Crippen LogP contribution in [0, 0.1) is 0 Å². The van der Waals surface area contributed by atoms with E-state index >= 15 is 0 Å². The monoisotopic (exact) mass is 416 g/mol. The molecule has 0 aliphatic carbocycles. The van der Waals surface area contributed by atoms with E-state index in [1.54, 1.807) is 0 Å². The van der Waals surface area contributed by atoms with E-state index in [1.807, 2.05) is 11.8 Å². The number of nitrogens with zero attached hydrogens (tertiary/aromatic N) is 2. The zero-order valence-electron chi connectivity index (χ0n) is 17.7. The van der Waals surface area contributed by atoms with Crippen LogP contribution < -0.4 is 0 Å². The third-order valence-electron chi connectivity index (χ3n) is 6.89. The van der Waals surface area contributed by atoms with Crippen molar-refractivity contribution in [1.82, 2.24) is 9.80 Å². The molecule has 0 saturated carbocycles. The number of hydrogen-bond acceptors (Lipinski definition) is 4. The SMILES string of the molecule is O=C(N1CCCCC1)C1(c2ccc(SCCCN3CCCC3)cc2)CCOCC1. The Hall–Kier alpha value is -1.04. The topological polar surface area (TPSA) is 32.8 Å². The second kappa shape index (κ2) is 10.3. The first kappa shape index (κ1) is 21.2. The molecule has 0 N–H and O–H groups in total. The van der Waals surface area contributed by atoms with Gasteiger partial charge < -0.3 is 14.5 Å². The molecule has 160 valence electrons. The summed E-state index contributed by atoms with van der Waals surface area (Å²) in [6.07, 6.45) is 9.16. The molecule has 0 atom stereocenters. The molecule has 29 heavy (non-hydrogen) atoms. The van der Waals surface area contributed by atoms with Gasteiger partial charge in [-0.05, 0) is 94.4 Å². The second-order valence-electron chi connectivity index (χ2n) is 8.82. The van der Waals surface area contributed by atoms with Gasteiger partial charge in [0.25, 0.3) is 0 Å². The van der Waals surface area contributed by atoms with Gasteiger partial charge in [-0.15, -0.1) is 11.8 Å². The Labute approximate surface area is 180 Å². The molecular weight excluding hydrogens is 380 g/mol. The molecule has 5 heteroatoms. The molecule has 0 spiro atoms. The van der Waals surface area contributed by atoms with Crippen LogP contribution in [-0.4, -0.2) is 67.4 Å². The molecule has 3 fully saturated rings. The Kier molecular flexibility index (Phi) is 7.54. The number of rotatable bonds is 7. The van der Waals surface area contributed by atoms with Crippen molar-refractivity contribution >= 4 is 17.7 Å². The van der Waals surface area contributed by atoms with Gasteiger partial charge in [0.05, 0.1) is 5.41 Å². The van der Waals surface area contributed by atoms with Gasteiger partial charge in [0.15, 0.2) is 0 Å². The number of hydrogen-bond donors (Lipinski definition) is 0. The predicted molar refractivity (Wildman–Crippen MR) is 120 cm³/mol. The number of benzene rings is 1. The molecule has 1 amide bonds. The Morgan fingerprint density at radius 2 is 1.59 bits per heavy atom. The normalized spacial score (nSPS) is 22.7. The quantitative estimate of drug-likeness (QED) is 0.489. The minimum absolute atomic E-state index is 0.339. The van der Waals surface area contributed by atoms with Crippen LogP contribution in [0.25, 0.3) is 0 Å². The van der Waals surface area contributed by atoms with E-state index in [1.165, 1.54) is 61.5 Å². The number of piperidine rings is 1. The molecule has 1 aromatic carbocycles. The maximum absolute atomic E-state index is 13.6. The maximum atomic E-state index is 13.6. The number of likely N-dealkylation sites (tertiary alicyclic amines) is 2. The first-order valence-corrected chi connectivity index (χ1v) is 12.6. The van der Waals surface area contributed by atoms with Crippen LogP contribution >= 0.6 is 11.8 Å². The number of thioether (sulfide) groups is 1. The lowest BCUT2D eigenvalue weighted by atomic mass is 9.72. The summed E-state index contributed by atoms with van der Waals surface area (Å²) in [5, 5.41) is 0. The van der Waals surface area contributed by atoms with Crippen LogP contribution in [0.3, 0.4) is 0 Å². The van der Waals surface area contributed by atoms with E-state index in [0.717, 1.165) is 38.8 Å². The summed E-state index contributed by atoms with van der Waals surface area (Å²) in [6, 6.07) is 8.90. The van der Waals surface area contributed by atoms with E-state index in [4.69, 9.17) is 4.74 Å². The fraction of sp³-hybridized carbons (Fsp3) is 0.708. The van der Waals surface area contributed by atoms with Crippen LogP contribution in [0.4, 0.5) is 0 Å².